The summed E-state index contributed by atoms with van der Waals surface area (Å²) in [4.78, 5) is 13.8. The molecule has 1 heterocycles. The largest absolute Gasteiger partial charge is 0.466 e. The van der Waals surface area contributed by atoms with E-state index in [9.17, 15) is 9.18 Å². The minimum Gasteiger partial charge on any atom is -0.466 e. The number of rotatable bonds is 6. The Balaban J connectivity index is 1.99. The SMILES string of the molecule is CCNCc1ccc(F)c(N2CCC(C(=O)OCC)CC2)c1. The standard InChI is InChI=1S/C17H25FN2O2/c1-3-19-12-13-5-6-15(18)16(11-13)20-9-7-14(8-10-20)17(21)22-4-2/h5-6,11,14,19H,3-4,7-10,12H2,1-2H3. The Morgan fingerprint density at radius 1 is 1.36 bits per heavy atom. The molecule has 4 nitrogen and oxygen atoms in total. The third-order valence-electron chi connectivity index (χ3n) is 4.05. The van der Waals surface area contributed by atoms with E-state index in [-0.39, 0.29) is 17.7 Å². The lowest BCUT2D eigenvalue weighted by Gasteiger charge is -2.33. The molecular formula is C17H25FN2O2. The van der Waals surface area contributed by atoms with E-state index in [2.05, 4.69) is 5.32 Å². The van der Waals surface area contributed by atoms with Crippen molar-refractivity contribution < 1.29 is 13.9 Å². The lowest BCUT2D eigenvalue weighted by Crippen LogP contribution is -2.37. The summed E-state index contributed by atoms with van der Waals surface area (Å²) in [5.74, 6) is -0.373. The van der Waals surface area contributed by atoms with Crippen LogP contribution in [0.15, 0.2) is 18.2 Å². The third kappa shape index (κ3) is 4.19. The Morgan fingerprint density at radius 3 is 2.73 bits per heavy atom. The zero-order chi connectivity index (χ0) is 15.9. The van der Waals surface area contributed by atoms with Crippen LogP contribution in [-0.4, -0.2) is 32.2 Å². The number of piperidine rings is 1. The second-order valence-electron chi connectivity index (χ2n) is 5.58. The first-order valence-electron chi connectivity index (χ1n) is 8.06. The molecule has 0 radical (unpaired) electrons. The maximum atomic E-state index is 14.1. The minimum atomic E-state index is -0.199. The first-order chi connectivity index (χ1) is 10.7. The fraction of sp³-hybridized carbons (Fsp3) is 0.588. The number of ether oxygens (including phenoxy) is 1. The molecule has 1 N–H and O–H groups in total. The van der Waals surface area contributed by atoms with E-state index in [4.69, 9.17) is 4.74 Å². The van der Waals surface area contributed by atoms with Gasteiger partial charge in [-0.15, -0.1) is 0 Å². The van der Waals surface area contributed by atoms with Crippen LogP contribution in [0.4, 0.5) is 10.1 Å². The normalized spacial score (nSPS) is 15.9. The molecule has 1 aromatic rings. The molecule has 0 aromatic heterocycles. The molecule has 2 rings (SSSR count). The molecule has 22 heavy (non-hydrogen) atoms. The molecule has 1 saturated heterocycles. The molecule has 1 aliphatic rings. The number of esters is 1. The summed E-state index contributed by atoms with van der Waals surface area (Å²) in [7, 11) is 0. The van der Waals surface area contributed by atoms with E-state index >= 15 is 0 Å². The number of hydrogen-bond donors (Lipinski definition) is 1. The first kappa shape index (κ1) is 16.7. The molecule has 0 atom stereocenters. The zero-order valence-electron chi connectivity index (χ0n) is 13.4. The summed E-state index contributed by atoms with van der Waals surface area (Å²) in [5.41, 5.74) is 1.71. The van der Waals surface area contributed by atoms with Crippen LogP contribution < -0.4 is 10.2 Å². The van der Waals surface area contributed by atoms with Crippen LogP contribution in [0.5, 0.6) is 0 Å². The molecule has 1 aromatic carbocycles. The van der Waals surface area contributed by atoms with Gasteiger partial charge in [-0.05, 0) is 44.0 Å². The summed E-state index contributed by atoms with van der Waals surface area (Å²) in [6.07, 6.45) is 1.44. The van der Waals surface area contributed by atoms with Gasteiger partial charge in [0, 0.05) is 19.6 Å². The molecule has 0 amide bonds. The molecule has 1 aliphatic heterocycles. The average molecular weight is 308 g/mol. The topological polar surface area (TPSA) is 41.6 Å². The van der Waals surface area contributed by atoms with Crippen LogP contribution in [0.3, 0.4) is 0 Å². The summed E-state index contributed by atoms with van der Waals surface area (Å²) in [5, 5.41) is 3.25. The maximum absolute atomic E-state index is 14.1. The van der Waals surface area contributed by atoms with Crippen LogP contribution in [0.1, 0.15) is 32.3 Å². The van der Waals surface area contributed by atoms with Gasteiger partial charge in [-0.25, -0.2) is 4.39 Å². The zero-order valence-corrected chi connectivity index (χ0v) is 13.4. The molecule has 0 bridgehead atoms. The maximum Gasteiger partial charge on any atom is 0.309 e. The van der Waals surface area contributed by atoms with E-state index in [0.29, 0.717) is 25.4 Å². The smallest absolute Gasteiger partial charge is 0.309 e. The number of benzene rings is 1. The summed E-state index contributed by atoms with van der Waals surface area (Å²) in [6.45, 7) is 7.28. The van der Waals surface area contributed by atoms with Crippen molar-refractivity contribution in [1.29, 1.82) is 0 Å². The highest BCUT2D eigenvalue weighted by Crippen LogP contribution is 2.27. The highest BCUT2D eigenvalue weighted by Gasteiger charge is 2.27. The Hall–Kier alpha value is -1.62. The van der Waals surface area contributed by atoms with Gasteiger partial charge >= 0.3 is 5.97 Å². The van der Waals surface area contributed by atoms with Crippen molar-refractivity contribution in [3.05, 3.63) is 29.6 Å². The minimum absolute atomic E-state index is 0.0517. The fourth-order valence-electron chi connectivity index (χ4n) is 2.80. The van der Waals surface area contributed by atoms with Gasteiger partial charge in [-0.3, -0.25) is 4.79 Å². The third-order valence-corrected chi connectivity index (χ3v) is 4.05. The van der Waals surface area contributed by atoms with Crippen LogP contribution in [-0.2, 0) is 16.1 Å². The Bertz CT molecular complexity index is 499. The van der Waals surface area contributed by atoms with Gasteiger partial charge in [0.2, 0.25) is 0 Å². The molecule has 5 heteroatoms. The lowest BCUT2D eigenvalue weighted by molar-refractivity contribution is -0.148. The van der Waals surface area contributed by atoms with E-state index in [0.717, 1.165) is 31.5 Å². The van der Waals surface area contributed by atoms with Crippen molar-refractivity contribution in [1.82, 2.24) is 5.32 Å². The van der Waals surface area contributed by atoms with Crippen molar-refractivity contribution in [3.8, 4) is 0 Å². The molecule has 1 fully saturated rings. The van der Waals surface area contributed by atoms with Crippen LogP contribution in [0, 0.1) is 11.7 Å². The molecule has 0 saturated carbocycles. The van der Waals surface area contributed by atoms with Gasteiger partial charge in [0.25, 0.3) is 0 Å². The summed E-state index contributed by atoms with van der Waals surface area (Å²) < 4.78 is 19.2. The van der Waals surface area contributed by atoms with Gasteiger partial charge < -0.3 is 15.0 Å². The van der Waals surface area contributed by atoms with E-state index in [1.54, 1.807) is 0 Å². The fourth-order valence-corrected chi connectivity index (χ4v) is 2.80. The lowest BCUT2D eigenvalue weighted by atomic mass is 9.96. The van der Waals surface area contributed by atoms with Crippen LogP contribution in [0.25, 0.3) is 0 Å². The Morgan fingerprint density at radius 2 is 2.09 bits per heavy atom. The van der Waals surface area contributed by atoms with Gasteiger partial charge in [-0.2, -0.15) is 0 Å². The highest BCUT2D eigenvalue weighted by molar-refractivity contribution is 5.73. The molecular weight excluding hydrogens is 283 g/mol. The van der Waals surface area contributed by atoms with E-state index < -0.39 is 0 Å². The van der Waals surface area contributed by atoms with Gasteiger partial charge in [-0.1, -0.05) is 13.0 Å². The Kier molecular flexibility index (Phi) is 6.19. The summed E-state index contributed by atoms with van der Waals surface area (Å²) in [6, 6.07) is 5.25. The number of carbonyl (C=O) groups is 1. The predicted molar refractivity (Wildman–Crippen MR) is 85.4 cm³/mol. The van der Waals surface area contributed by atoms with Crippen molar-refractivity contribution in [2.75, 3.05) is 31.1 Å². The quantitative estimate of drug-likeness (QED) is 0.821. The molecule has 0 spiro atoms. The average Bonchev–Trinajstić information content (AvgIpc) is 2.54. The van der Waals surface area contributed by atoms with E-state index in [1.165, 1.54) is 6.07 Å². The predicted octanol–water partition coefficient (Wildman–Crippen LogP) is 2.71. The number of carbonyl (C=O) groups excluding carboxylic acids is 1. The van der Waals surface area contributed by atoms with Crippen molar-refractivity contribution in [2.24, 2.45) is 5.92 Å². The van der Waals surface area contributed by atoms with Crippen molar-refractivity contribution >= 4 is 11.7 Å². The second kappa shape index (κ2) is 8.13. The van der Waals surface area contributed by atoms with E-state index in [1.807, 2.05) is 30.9 Å². The van der Waals surface area contributed by atoms with Gasteiger partial charge in [0.05, 0.1) is 18.2 Å². The molecule has 0 aliphatic carbocycles. The summed E-state index contributed by atoms with van der Waals surface area (Å²) >= 11 is 0. The number of nitrogens with one attached hydrogen (secondary N) is 1. The highest BCUT2D eigenvalue weighted by atomic mass is 19.1. The number of halogens is 1. The number of anilines is 1. The van der Waals surface area contributed by atoms with Crippen LogP contribution in [0.2, 0.25) is 0 Å². The molecule has 0 unspecified atom stereocenters. The van der Waals surface area contributed by atoms with Gasteiger partial charge in [0.15, 0.2) is 0 Å². The van der Waals surface area contributed by atoms with Crippen LogP contribution >= 0.6 is 0 Å². The second-order valence-corrected chi connectivity index (χ2v) is 5.58. The number of nitrogens with zero attached hydrogens (tertiary/aromatic N) is 1. The first-order valence-corrected chi connectivity index (χ1v) is 8.06. The van der Waals surface area contributed by atoms with Crippen molar-refractivity contribution in [2.45, 2.75) is 33.2 Å². The molecule has 122 valence electrons. The Labute approximate surface area is 131 Å². The monoisotopic (exact) mass is 308 g/mol. The van der Waals surface area contributed by atoms with Crippen molar-refractivity contribution in [3.63, 3.8) is 0 Å². The number of hydrogen-bond acceptors (Lipinski definition) is 4. The van der Waals surface area contributed by atoms with Gasteiger partial charge in [0.1, 0.15) is 5.82 Å².